The molecule has 0 aromatic heterocycles. The van der Waals surface area contributed by atoms with E-state index in [0.29, 0.717) is 12.8 Å². The molecule has 0 fully saturated rings. The molecule has 0 aliphatic rings. The van der Waals surface area contributed by atoms with E-state index in [4.69, 9.17) is 19.3 Å². The summed E-state index contributed by atoms with van der Waals surface area (Å²) in [6.45, 7) is 3.57. The van der Waals surface area contributed by atoms with Crippen LogP contribution in [-0.4, -0.2) is 41.0 Å². The van der Waals surface area contributed by atoms with E-state index in [1.165, 1.54) is 51.4 Å². The van der Waals surface area contributed by atoms with Crippen LogP contribution < -0.4 is 0 Å². The Morgan fingerprint density at radius 2 is 1.05 bits per heavy atom. The number of rotatable bonds is 28. The smallest absolute Gasteiger partial charge is 0.462 e. The lowest BCUT2D eigenvalue weighted by atomic mass is 10.1. The Labute approximate surface area is 243 Å². The van der Waals surface area contributed by atoms with Crippen molar-refractivity contribution >= 4 is 19.8 Å². The first-order chi connectivity index (χ1) is 19.3. The van der Waals surface area contributed by atoms with Crippen LogP contribution in [0.3, 0.4) is 0 Å². The molecule has 0 aliphatic heterocycles. The largest absolute Gasteiger partial charge is 0.469 e. The molecule has 0 amide bonds. The number of hydrogen-bond donors (Lipinski definition) is 2. The van der Waals surface area contributed by atoms with Gasteiger partial charge in [-0.05, 0) is 64.2 Å². The van der Waals surface area contributed by atoms with Gasteiger partial charge in [-0.25, -0.2) is 4.57 Å². The third-order valence-corrected chi connectivity index (χ3v) is 6.93. The number of allylic oxidation sites excluding steroid dienone is 4. The molecule has 1 atom stereocenters. The van der Waals surface area contributed by atoms with Crippen LogP contribution in [0.4, 0.5) is 0 Å². The Bertz CT molecular complexity index is 716. The molecule has 0 heterocycles. The van der Waals surface area contributed by atoms with E-state index in [-0.39, 0.29) is 19.4 Å². The number of phosphoric ester groups is 1. The predicted octanol–water partition coefficient (Wildman–Crippen LogP) is 8.50. The molecule has 0 spiro atoms. The highest BCUT2D eigenvalue weighted by Crippen LogP contribution is 2.35. The van der Waals surface area contributed by atoms with Crippen molar-refractivity contribution in [1.29, 1.82) is 0 Å². The van der Waals surface area contributed by atoms with E-state index in [0.717, 1.165) is 51.4 Å². The summed E-state index contributed by atoms with van der Waals surface area (Å²) in [5, 5.41) is 0. The second-order valence-corrected chi connectivity index (χ2v) is 11.7. The molecule has 0 aliphatic carbocycles. The number of ether oxygens (including phenoxy) is 2. The SMILES string of the molecule is CCCCCC/C=C\CCCCCC(=O)OC[C@H](COP(=O)(O)O)OC(=O)CCCCC/C=C\CCCCCC. The van der Waals surface area contributed by atoms with E-state index < -0.39 is 32.5 Å². The number of hydrogen-bond acceptors (Lipinski definition) is 6. The zero-order valence-electron chi connectivity index (χ0n) is 25.2. The first kappa shape index (κ1) is 38.5. The molecule has 0 bridgehead atoms. The molecule has 234 valence electrons. The van der Waals surface area contributed by atoms with Crippen molar-refractivity contribution in [2.24, 2.45) is 0 Å². The van der Waals surface area contributed by atoms with Crippen LogP contribution in [0.2, 0.25) is 0 Å². The normalized spacial score (nSPS) is 12.8. The highest BCUT2D eigenvalue weighted by Gasteiger charge is 2.22. The topological polar surface area (TPSA) is 119 Å². The molecule has 40 heavy (non-hydrogen) atoms. The van der Waals surface area contributed by atoms with Crippen LogP contribution in [0.25, 0.3) is 0 Å². The van der Waals surface area contributed by atoms with Gasteiger partial charge >= 0.3 is 19.8 Å². The molecule has 0 rings (SSSR count). The Morgan fingerprint density at radius 3 is 1.48 bits per heavy atom. The van der Waals surface area contributed by atoms with Gasteiger partial charge in [0.2, 0.25) is 0 Å². The van der Waals surface area contributed by atoms with Crippen molar-refractivity contribution in [1.82, 2.24) is 0 Å². The van der Waals surface area contributed by atoms with Gasteiger partial charge in [0.25, 0.3) is 0 Å². The van der Waals surface area contributed by atoms with Gasteiger partial charge in [-0.3, -0.25) is 14.1 Å². The van der Waals surface area contributed by atoms with Crippen molar-refractivity contribution in [2.45, 2.75) is 148 Å². The quantitative estimate of drug-likeness (QED) is 0.0404. The van der Waals surface area contributed by atoms with Crippen LogP contribution in [-0.2, 0) is 28.2 Å². The fourth-order valence-corrected chi connectivity index (χ4v) is 4.43. The summed E-state index contributed by atoms with van der Waals surface area (Å²) in [7, 11) is -4.74. The highest BCUT2D eigenvalue weighted by atomic mass is 31.2. The number of esters is 2. The van der Waals surface area contributed by atoms with Crippen LogP contribution in [0, 0.1) is 0 Å². The second kappa shape index (κ2) is 27.7. The molecule has 2 N–H and O–H groups in total. The summed E-state index contributed by atoms with van der Waals surface area (Å²) in [4.78, 5) is 42.3. The molecule has 0 saturated heterocycles. The van der Waals surface area contributed by atoms with Crippen molar-refractivity contribution in [3.8, 4) is 0 Å². The number of carbonyl (C=O) groups is 2. The maximum absolute atomic E-state index is 12.2. The summed E-state index contributed by atoms with van der Waals surface area (Å²) < 4.78 is 26.1. The maximum Gasteiger partial charge on any atom is 0.469 e. The lowest BCUT2D eigenvalue weighted by Gasteiger charge is -2.18. The fraction of sp³-hybridized carbons (Fsp3) is 0.806. The fourth-order valence-electron chi connectivity index (χ4n) is 4.07. The predicted molar refractivity (Wildman–Crippen MR) is 161 cm³/mol. The molecule has 0 aromatic carbocycles. The van der Waals surface area contributed by atoms with E-state index in [2.05, 4.69) is 42.7 Å². The van der Waals surface area contributed by atoms with Crippen molar-refractivity contribution in [3.05, 3.63) is 24.3 Å². The molecular weight excluding hydrogens is 531 g/mol. The van der Waals surface area contributed by atoms with E-state index in [9.17, 15) is 14.2 Å². The Balaban J connectivity index is 4.11. The minimum absolute atomic E-state index is 0.189. The molecule has 0 unspecified atom stereocenters. The first-order valence-corrected chi connectivity index (χ1v) is 17.2. The summed E-state index contributed by atoms with van der Waals surface area (Å²) in [5.41, 5.74) is 0. The van der Waals surface area contributed by atoms with Crippen molar-refractivity contribution < 1.29 is 37.9 Å². The molecule has 8 nitrogen and oxygen atoms in total. The van der Waals surface area contributed by atoms with Gasteiger partial charge in [0, 0.05) is 12.8 Å². The number of carbonyl (C=O) groups excluding carboxylic acids is 2. The molecule has 0 aromatic rings. The Kier molecular flexibility index (Phi) is 26.7. The Hall–Kier alpha value is -1.47. The van der Waals surface area contributed by atoms with Crippen LogP contribution in [0.1, 0.15) is 142 Å². The summed E-state index contributed by atoms with van der Waals surface area (Å²) in [6.07, 6.45) is 27.7. The number of unbranched alkanes of at least 4 members (excludes halogenated alkanes) is 14. The first-order valence-electron chi connectivity index (χ1n) is 15.6. The van der Waals surface area contributed by atoms with Gasteiger partial charge in [0.05, 0.1) is 6.61 Å². The van der Waals surface area contributed by atoms with Gasteiger partial charge in [0.15, 0.2) is 6.10 Å². The third-order valence-electron chi connectivity index (χ3n) is 6.44. The number of phosphoric acid groups is 1. The van der Waals surface area contributed by atoms with Crippen molar-refractivity contribution in [2.75, 3.05) is 13.2 Å². The zero-order chi connectivity index (χ0) is 29.7. The maximum atomic E-state index is 12.2. The van der Waals surface area contributed by atoms with Crippen molar-refractivity contribution in [3.63, 3.8) is 0 Å². The molecule has 0 saturated carbocycles. The molecular formula is C31H57O8P. The van der Waals surface area contributed by atoms with Crippen LogP contribution in [0.15, 0.2) is 24.3 Å². The standard InChI is InChI=1S/C31H57O8P/c1-3-5-7-9-11-13-15-17-19-21-23-25-30(32)37-27-29(28-38-40(34,35)36)39-31(33)26-24-22-20-18-16-14-12-10-8-6-4-2/h13-16,29H,3-12,17-28H2,1-2H3,(H2,34,35,36)/b15-13-,16-14-/t29-/m1/s1. The van der Waals surface area contributed by atoms with E-state index >= 15 is 0 Å². The Morgan fingerprint density at radius 1 is 0.625 bits per heavy atom. The molecule has 9 heteroatoms. The third kappa shape index (κ3) is 29.5. The summed E-state index contributed by atoms with van der Waals surface area (Å²) in [5.74, 6) is -0.928. The monoisotopic (exact) mass is 588 g/mol. The average Bonchev–Trinajstić information content (AvgIpc) is 2.91. The minimum atomic E-state index is -4.74. The minimum Gasteiger partial charge on any atom is -0.462 e. The van der Waals surface area contributed by atoms with Gasteiger partial charge in [-0.15, -0.1) is 0 Å². The van der Waals surface area contributed by atoms with E-state index in [1.807, 2.05) is 0 Å². The van der Waals surface area contributed by atoms with Crippen LogP contribution in [0.5, 0.6) is 0 Å². The van der Waals surface area contributed by atoms with Gasteiger partial charge in [-0.1, -0.05) is 89.5 Å². The zero-order valence-corrected chi connectivity index (χ0v) is 26.1. The lowest BCUT2D eigenvalue weighted by Crippen LogP contribution is -2.29. The summed E-state index contributed by atoms with van der Waals surface area (Å²) >= 11 is 0. The average molecular weight is 589 g/mol. The van der Waals surface area contributed by atoms with Gasteiger partial charge < -0.3 is 19.3 Å². The van der Waals surface area contributed by atoms with Gasteiger partial charge in [0.1, 0.15) is 6.61 Å². The highest BCUT2D eigenvalue weighted by molar-refractivity contribution is 7.46. The summed E-state index contributed by atoms with van der Waals surface area (Å²) in [6, 6.07) is 0. The molecule has 0 radical (unpaired) electrons. The lowest BCUT2D eigenvalue weighted by molar-refractivity contribution is -0.161. The second-order valence-electron chi connectivity index (χ2n) is 10.4. The van der Waals surface area contributed by atoms with E-state index in [1.54, 1.807) is 0 Å². The van der Waals surface area contributed by atoms with Crippen LogP contribution >= 0.6 is 7.82 Å². The van der Waals surface area contributed by atoms with Gasteiger partial charge in [-0.2, -0.15) is 0 Å².